The van der Waals surface area contributed by atoms with Crippen LogP contribution >= 0.6 is 0 Å². The minimum Gasteiger partial charge on any atom is -0.376 e. The van der Waals surface area contributed by atoms with Crippen LogP contribution in [0.15, 0.2) is 0 Å². The summed E-state index contributed by atoms with van der Waals surface area (Å²) in [4.78, 5) is 0. The summed E-state index contributed by atoms with van der Waals surface area (Å²) < 4.78 is 10.8. The van der Waals surface area contributed by atoms with Crippen LogP contribution in [0, 0.1) is 0 Å². The van der Waals surface area contributed by atoms with Crippen molar-refractivity contribution >= 4 is 0 Å². The first-order valence-corrected chi connectivity index (χ1v) is 5.54. The van der Waals surface area contributed by atoms with Gasteiger partial charge in [-0.25, -0.2) is 0 Å². The highest BCUT2D eigenvalue weighted by Crippen LogP contribution is 1.98. The Labute approximate surface area is 86.3 Å². The van der Waals surface area contributed by atoms with Gasteiger partial charge in [-0.1, -0.05) is 6.92 Å². The van der Waals surface area contributed by atoms with E-state index in [4.69, 9.17) is 9.47 Å². The Hall–Kier alpha value is -0.160. The molecule has 0 radical (unpaired) electrons. The van der Waals surface area contributed by atoms with Crippen molar-refractivity contribution in [2.75, 3.05) is 46.0 Å². The van der Waals surface area contributed by atoms with Gasteiger partial charge in [-0.15, -0.1) is 0 Å². The maximum absolute atomic E-state index is 5.50. The van der Waals surface area contributed by atoms with Crippen molar-refractivity contribution in [1.29, 1.82) is 0 Å². The van der Waals surface area contributed by atoms with E-state index in [9.17, 15) is 0 Å². The molecule has 1 unspecified atom stereocenters. The topological polar surface area (TPSA) is 42.5 Å². The molecule has 1 fully saturated rings. The van der Waals surface area contributed by atoms with Gasteiger partial charge in [0.25, 0.3) is 0 Å². The summed E-state index contributed by atoms with van der Waals surface area (Å²) in [5, 5.41) is 6.66. The molecule has 1 heterocycles. The van der Waals surface area contributed by atoms with Crippen molar-refractivity contribution in [3.63, 3.8) is 0 Å². The van der Waals surface area contributed by atoms with Gasteiger partial charge in [-0.05, 0) is 26.1 Å². The Balaban J connectivity index is 1.82. The van der Waals surface area contributed by atoms with Crippen LogP contribution in [0.1, 0.15) is 13.3 Å². The molecule has 2 N–H and O–H groups in total. The van der Waals surface area contributed by atoms with Gasteiger partial charge in [0.2, 0.25) is 0 Å². The SMILES string of the molecule is CCNCCCNCC1COCCO1. The van der Waals surface area contributed by atoms with E-state index in [1.807, 2.05) is 0 Å². The van der Waals surface area contributed by atoms with E-state index in [0.717, 1.165) is 46.0 Å². The van der Waals surface area contributed by atoms with Crippen molar-refractivity contribution in [3.8, 4) is 0 Å². The Morgan fingerprint density at radius 1 is 1.21 bits per heavy atom. The summed E-state index contributed by atoms with van der Waals surface area (Å²) in [7, 11) is 0. The van der Waals surface area contributed by atoms with Crippen LogP contribution in [-0.2, 0) is 9.47 Å². The minimum atomic E-state index is 0.253. The molecule has 1 saturated heterocycles. The van der Waals surface area contributed by atoms with Gasteiger partial charge in [0, 0.05) is 6.54 Å². The highest BCUT2D eigenvalue weighted by Gasteiger charge is 2.12. The minimum absolute atomic E-state index is 0.253. The van der Waals surface area contributed by atoms with Crippen molar-refractivity contribution < 1.29 is 9.47 Å². The molecule has 0 spiro atoms. The first-order chi connectivity index (χ1) is 6.93. The highest BCUT2D eigenvalue weighted by atomic mass is 16.6. The fourth-order valence-corrected chi connectivity index (χ4v) is 1.43. The van der Waals surface area contributed by atoms with Crippen LogP contribution in [0.5, 0.6) is 0 Å². The molecule has 84 valence electrons. The van der Waals surface area contributed by atoms with Gasteiger partial charge in [0.1, 0.15) is 0 Å². The number of hydrogen-bond acceptors (Lipinski definition) is 4. The van der Waals surface area contributed by atoms with Crippen molar-refractivity contribution in [1.82, 2.24) is 10.6 Å². The number of rotatable bonds is 7. The molecule has 0 bridgehead atoms. The molecule has 1 aliphatic heterocycles. The molecule has 4 nitrogen and oxygen atoms in total. The van der Waals surface area contributed by atoms with Crippen LogP contribution in [0.4, 0.5) is 0 Å². The van der Waals surface area contributed by atoms with Gasteiger partial charge in [-0.2, -0.15) is 0 Å². The molecular formula is C10H22N2O2. The fraction of sp³-hybridized carbons (Fsp3) is 1.00. The molecular weight excluding hydrogens is 180 g/mol. The smallest absolute Gasteiger partial charge is 0.0933 e. The maximum atomic E-state index is 5.50. The monoisotopic (exact) mass is 202 g/mol. The lowest BCUT2D eigenvalue weighted by atomic mass is 10.3. The lowest BCUT2D eigenvalue weighted by Gasteiger charge is -2.23. The molecule has 14 heavy (non-hydrogen) atoms. The lowest BCUT2D eigenvalue weighted by Crippen LogP contribution is -2.38. The molecule has 1 atom stereocenters. The zero-order chi connectivity index (χ0) is 10.1. The highest BCUT2D eigenvalue weighted by molar-refractivity contribution is 4.64. The van der Waals surface area contributed by atoms with E-state index in [1.54, 1.807) is 0 Å². The van der Waals surface area contributed by atoms with Gasteiger partial charge in [0.15, 0.2) is 0 Å². The van der Waals surface area contributed by atoms with Gasteiger partial charge >= 0.3 is 0 Å². The van der Waals surface area contributed by atoms with Gasteiger partial charge in [-0.3, -0.25) is 0 Å². The molecule has 1 rings (SSSR count). The third-order valence-electron chi connectivity index (χ3n) is 2.21. The second kappa shape index (κ2) is 8.17. The predicted octanol–water partition coefficient (Wildman–Crippen LogP) is -0.00900. The summed E-state index contributed by atoms with van der Waals surface area (Å²) in [6, 6.07) is 0. The van der Waals surface area contributed by atoms with Crippen LogP contribution in [0.3, 0.4) is 0 Å². The van der Waals surface area contributed by atoms with E-state index in [1.165, 1.54) is 6.42 Å². The molecule has 0 amide bonds. The van der Waals surface area contributed by atoms with Crippen LogP contribution < -0.4 is 10.6 Å². The number of hydrogen-bond donors (Lipinski definition) is 2. The molecule has 0 aliphatic carbocycles. The first-order valence-electron chi connectivity index (χ1n) is 5.54. The van der Waals surface area contributed by atoms with Gasteiger partial charge in [0.05, 0.1) is 25.9 Å². The quantitative estimate of drug-likeness (QED) is 0.570. The van der Waals surface area contributed by atoms with Crippen LogP contribution in [0.25, 0.3) is 0 Å². The zero-order valence-electron chi connectivity index (χ0n) is 9.05. The summed E-state index contributed by atoms with van der Waals surface area (Å²) in [6.07, 6.45) is 1.42. The summed E-state index contributed by atoms with van der Waals surface area (Å²) >= 11 is 0. The molecule has 0 aromatic carbocycles. The van der Waals surface area contributed by atoms with Gasteiger partial charge < -0.3 is 20.1 Å². The van der Waals surface area contributed by atoms with Crippen LogP contribution in [-0.4, -0.2) is 52.1 Å². The Bertz CT molecular complexity index is 127. The molecule has 0 aromatic rings. The lowest BCUT2D eigenvalue weighted by molar-refractivity contribution is -0.0862. The van der Waals surface area contributed by atoms with E-state index in [0.29, 0.717) is 0 Å². The van der Waals surface area contributed by atoms with E-state index in [-0.39, 0.29) is 6.10 Å². The van der Waals surface area contributed by atoms with E-state index < -0.39 is 0 Å². The first kappa shape index (κ1) is 11.9. The normalized spacial score (nSPS) is 22.5. The summed E-state index contributed by atoms with van der Waals surface area (Å²) in [6.45, 7) is 8.45. The van der Waals surface area contributed by atoms with Crippen molar-refractivity contribution in [2.45, 2.75) is 19.4 Å². The summed E-state index contributed by atoms with van der Waals surface area (Å²) in [5.74, 6) is 0. The second-order valence-corrected chi connectivity index (χ2v) is 3.48. The average Bonchev–Trinajstić information content (AvgIpc) is 2.25. The van der Waals surface area contributed by atoms with Crippen molar-refractivity contribution in [2.24, 2.45) is 0 Å². The van der Waals surface area contributed by atoms with E-state index in [2.05, 4.69) is 17.6 Å². The Kier molecular flexibility index (Phi) is 6.95. The molecule has 1 aliphatic rings. The summed E-state index contributed by atoms with van der Waals surface area (Å²) in [5.41, 5.74) is 0. The third kappa shape index (κ3) is 5.54. The average molecular weight is 202 g/mol. The second-order valence-electron chi connectivity index (χ2n) is 3.48. The zero-order valence-corrected chi connectivity index (χ0v) is 9.05. The van der Waals surface area contributed by atoms with Crippen LogP contribution in [0.2, 0.25) is 0 Å². The Morgan fingerprint density at radius 2 is 2.07 bits per heavy atom. The largest absolute Gasteiger partial charge is 0.376 e. The maximum Gasteiger partial charge on any atom is 0.0933 e. The standard InChI is InChI=1S/C10H22N2O2/c1-2-11-4-3-5-12-8-10-9-13-6-7-14-10/h10-12H,2-9H2,1H3. The molecule has 0 aromatic heterocycles. The number of nitrogens with one attached hydrogen (secondary N) is 2. The third-order valence-corrected chi connectivity index (χ3v) is 2.21. The molecule has 0 saturated carbocycles. The predicted molar refractivity (Wildman–Crippen MR) is 56.6 cm³/mol. The fourth-order valence-electron chi connectivity index (χ4n) is 1.43. The van der Waals surface area contributed by atoms with E-state index >= 15 is 0 Å². The number of ether oxygens (including phenoxy) is 2. The van der Waals surface area contributed by atoms with Crippen molar-refractivity contribution in [3.05, 3.63) is 0 Å². The Morgan fingerprint density at radius 3 is 2.79 bits per heavy atom. The molecule has 4 heteroatoms.